The summed E-state index contributed by atoms with van der Waals surface area (Å²) in [4.78, 5) is 30.2. The molecule has 1 aromatic carbocycles. The lowest BCUT2D eigenvalue weighted by atomic mass is 10.1. The predicted molar refractivity (Wildman–Crippen MR) is 107 cm³/mol. The molecule has 1 aliphatic rings. The maximum atomic E-state index is 12.4. The van der Waals surface area contributed by atoms with Crippen LogP contribution in [-0.2, 0) is 11.3 Å². The Morgan fingerprint density at radius 1 is 1.18 bits per heavy atom. The summed E-state index contributed by atoms with van der Waals surface area (Å²) >= 11 is 0. The van der Waals surface area contributed by atoms with Gasteiger partial charge in [-0.1, -0.05) is 30.3 Å². The molecule has 3 rings (SSSR count). The van der Waals surface area contributed by atoms with Gasteiger partial charge >= 0.3 is 6.09 Å². The zero-order valence-electron chi connectivity index (χ0n) is 16.1. The van der Waals surface area contributed by atoms with Crippen LogP contribution in [0.15, 0.2) is 48.7 Å². The lowest BCUT2D eigenvalue weighted by Crippen LogP contribution is -2.42. The Kier molecular flexibility index (Phi) is 6.84. The Morgan fingerprint density at radius 2 is 1.93 bits per heavy atom. The number of carbonyl (C=O) groups is 2. The van der Waals surface area contributed by atoms with E-state index in [1.165, 1.54) is 0 Å². The normalized spacial score (nSPS) is 14.4. The van der Waals surface area contributed by atoms with Crippen LogP contribution in [0.25, 0.3) is 0 Å². The molecule has 2 aromatic rings. The number of aromatic nitrogens is 1. The first-order valence-corrected chi connectivity index (χ1v) is 9.62. The average molecular weight is 382 g/mol. The van der Waals surface area contributed by atoms with Crippen molar-refractivity contribution in [1.29, 1.82) is 0 Å². The smallest absolute Gasteiger partial charge is 0.409 e. The minimum Gasteiger partial charge on any atom is -0.450 e. The molecule has 148 valence electrons. The molecular formula is C21H26N4O3. The van der Waals surface area contributed by atoms with E-state index in [4.69, 9.17) is 4.74 Å². The average Bonchev–Trinajstić information content (AvgIpc) is 2.73. The van der Waals surface area contributed by atoms with Crippen molar-refractivity contribution in [2.45, 2.75) is 32.4 Å². The van der Waals surface area contributed by atoms with Crippen molar-refractivity contribution in [3.8, 4) is 0 Å². The van der Waals surface area contributed by atoms with Crippen LogP contribution in [0.3, 0.4) is 0 Å². The molecule has 1 aliphatic heterocycles. The maximum absolute atomic E-state index is 12.4. The Hall–Kier alpha value is -3.09. The van der Waals surface area contributed by atoms with Crippen LogP contribution in [0.1, 0.15) is 35.7 Å². The van der Waals surface area contributed by atoms with Crippen LogP contribution >= 0.6 is 0 Å². The number of rotatable bonds is 6. The van der Waals surface area contributed by atoms with Gasteiger partial charge in [-0.15, -0.1) is 0 Å². The van der Waals surface area contributed by atoms with Crippen LogP contribution in [0.5, 0.6) is 0 Å². The van der Waals surface area contributed by atoms with Crippen molar-refractivity contribution < 1.29 is 14.3 Å². The summed E-state index contributed by atoms with van der Waals surface area (Å²) in [6, 6.07) is 13.5. The molecule has 0 saturated carbocycles. The first kappa shape index (κ1) is 19.7. The Morgan fingerprint density at radius 3 is 2.64 bits per heavy atom. The lowest BCUT2D eigenvalue weighted by Gasteiger charge is -2.31. The standard InChI is InChI=1S/C21H26N4O3/c1-2-28-21(27)25-12-9-18(10-13-25)24-19-14-17(8-11-22-19)20(26)23-15-16-6-4-3-5-7-16/h3-8,11,14,18H,2,9-10,12-13,15H2,1H3,(H,22,24)(H,23,26). The fourth-order valence-electron chi connectivity index (χ4n) is 3.16. The minimum absolute atomic E-state index is 0.133. The number of carbonyl (C=O) groups excluding carboxylic acids is 2. The SMILES string of the molecule is CCOC(=O)N1CCC(Nc2cc(C(=O)NCc3ccccc3)ccn2)CC1. The number of piperidine rings is 1. The highest BCUT2D eigenvalue weighted by atomic mass is 16.6. The largest absolute Gasteiger partial charge is 0.450 e. The predicted octanol–water partition coefficient (Wildman–Crippen LogP) is 3.04. The van der Waals surface area contributed by atoms with Crippen LogP contribution in [0, 0.1) is 0 Å². The minimum atomic E-state index is -0.254. The highest BCUT2D eigenvalue weighted by molar-refractivity contribution is 5.94. The molecule has 2 N–H and O–H groups in total. The van der Waals surface area contributed by atoms with Gasteiger partial charge in [0.2, 0.25) is 0 Å². The quantitative estimate of drug-likeness (QED) is 0.802. The molecule has 0 atom stereocenters. The Bertz CT molecular complexity index is 789. The summed E-state index contributed by atoms with van der Waals surface area (Å²) in [7, 11) is 0. The molecule has 0 spiro atoms. The zero-order chi connectivity index (χ0) is 19.8. The van der Waals surface area contributed by atoms with E-state index in [0.717, 1.165) is 18.4 Å². The van der Waals surface area contributed by atoms with E-state index in [-0.39, 0.29) is 18.0 Å². The summed E-state index contributed by atoms with van der Waals surface area (Å²) in [6.45, 7) is 3.97. The molecule has 28 heavy (non-hydrogen) atoms. The monoisotopic (exact) mass is 382 g/mol. The Balaban J connectivity index is 1.51. The molecular weight excluding hydrogens is 356 g/mol. The molecule has 0 bridgehead atoms. The van der Waals surface area contributed by atoms with Gasteiger partial charge in [-0.25, -0.2) is 9.78 Å². The van der Waals surface area contributed by atoms with E-state index in [9.17, 15) is 9.59 Å². The number of amides is 2. The summed E-state index contributed by atoms with van der Waals surface area (Å²) in [5.74, 6) is 0.536. The van der Waals surface area contributed by atoms with E-state index in [0.29, 0.717) is 37.6 Å². The third kappa shape index (κ3) is 5.45. The molecule has 7 heteroatoms. The molecule has 0 unspecified atom stereocenters. The van der Waals surface area contributed by atoms with Crippen LogP contribution in [-0.4, -0.2) is 47.6 Å². The van der Waals surface area contributed by atoms with Crippen LogP contribution in [0.2, 0.25) is 0 Å². The van der Waals surface area contributed by atoms with Crippen LogP contribution in [0.4, 0.5) is 10.6 Å². The summed E-state index contributed by atoms with van der Waals surface area (Å²) in [6.07, 6.45) is 3.00. The number of likely N-dealkylation sites (tertiary alicyclic amines) is 1. The third-order valence-corrected chi connectivity index (χ3v) is 4.69. The van der Waals surface area contributed by atoms with E-state index < -0.39 is 0 Å². The second-order valence-corrected chi connectivity index (χ2v) is 6.70. The zero-order valence-corrected chi connectivity index (χ0v) is 16.1. The number of pyridine rings is 1. The van der Waals surface area contributed by atoms with Gasteiger partial charge in [0.05, 0.1) is 6.61 Å². The maximum Gasteiger partial charge on any atom is 0.409 e. The van der Waals surface area contributed by atoms with E-state index >= 15 is 0 Å². The number of hydrogen-bond acceptors (Lipinski definition) is 5. The highest BCUT2D eigenvalue weighted by Crippen LogP contribution is 2.17. The van der Waals surface area contributed by atoms with Gasteiger partial charge in [-0.2, -0.15) is 0 Å². The highest BCUT2D eigenvalue weighted by Gasteiger charge is 2.23. The molecule has 1 fully saturated rings. The van der Waals surface area contributed by atoms with Crippen molar-refractivity contribution in [2.75, 3.05) is 25.0 Å². The second-order valence-electron chi connectivity index (χ2n) is 6.70. The Labute approximate surface area is 165 Å². The number of anilines is 1. The van der Waals surface area contributed by atoms with Gasteiger partial charge in [0.15, 0.2) is 0 Å². The van der Waals surface area contributed by atoms with Crippen LogP contribution < -0.4 is 10.6 Å². The van der Waals surface area contributed by atoms with Gasteiger partial charge in [-0.3, -0.25) is 4.79 Å². The van der Waals surface area contributed by atoms with E-state index in [2.05, 4.69) is 15.6 Å². The fraction of sp³-hybridized carbons (Fsp3) is 0.381. The van der Waals surface area contributed by atoms with Gasteiger partial charge in [0, 0.05) is 37.4 Å². The lowest BCUT2D eigenvalue weighted by molar-refractivity contribution is 0.0948. The molecule has 7 nitrogen and oxygen atoms in total. The molecule has 2 amide bonds. The topological polar surface area (TPSA) is 83.6 Å². The van der Waals surface area contributed by atoms with Crippen molar-refractivity contribution >= 4 is 17.8 Å². The summed E-state index contributed by atoms with van der Waals surface area (Å²) < 4.78 is 5.04. The fourth-order valence-corrected chi connectivity index (χ4v) is 3.16. The van der Waals surface area contributed by atoms with E-state index in [1.54, 1.807) is 30.2 Å². The molecule has 1 aromatic heterocycles. The number of hydrogen-bond donors (Lipinski definition) is 2. The van der Waals surface area contributed by atoms with Crippen molar-refractivity contribution in [3.05, 3.63) is 59.8 Å². The third-order valence-electron chi connectivity index (χ3n) is 4.69. The first-order chi connectivity index (χ1) is 13.7. The van der Waals surface area contributed by atoms with E-state index in [1.807, 2.05) is 30.3 Å². The van der Waals surface area contributed by atoms with Crippen molar-refractivity contribution in [3.63, 3.8) is 0 Å². The molecule has 1 saturated heterocycles. The van der Waals surface area contributed by atoms with Gasteiger partial charge in [0.1, 0.15) is 5.82 Å². The number of nitrogens with zero attached hydrogens (tertiary/aromatic N) is 2. The van der Waals surface area contributed by atoms with Gasteiger partial charge < -0.3 is 20.3 Å². The van der Waals surface area contributed by atoms with Crippen molar-refractivity contribution in [2.24, 2.45) is 0 Å². The number of ether oxygens (including phenoxy) is 1. The van der Waals surface area contributed by atoms with Crippen molar-refractivity contribution in [1.82, 2.24) is 15.2 Å². The first-order valence-electron chi connectivity index (χ1n) is 9.62. The van der Waals surface area contributed by atoms with Gasteiger partial charge in [0.25, 0.3) is 5.91 Å². The molecule has 0 radical (unpaired) electrons. The number of benzene rings is 1. The summed E-state index contributed by atoms with van der Waals surface area (Å²) in [5, 5.41) is 6.30. The number of nitrogens with one attached hydrogen (secondary N) is 2. The van der Waals surface area contributed by atoms with Gasteiger partial charge in [-0.05, 0) is 37.5 Å². The molecule has 0 aliphatic carbocycles. The summed E-state index contributed by atoms with van der Waals surface area (Å²) in [5.41, 5.74) is 1.62. The molecule has 2 heterocycles. The second kappa shape index (κ2) is 9.73.